The number of rotatable bonds is 6. The summed E-state index contributed by atoms with van der Waals surface area (Å²) in [5, 5.41) is 14.4. The maximum atomic E-state index is 13.4. The van der Waals surface area contributed by atoms with Gasteiger partial charge in [0.05, 0.1) is 11.8 Å². The van der Waals surface area contributed by atoms with Gasteiger partial charge in [-0.15, -0.1) is 0 Å². The Kier molecular flexibility index (Phi) is 6.99. The van der Waals surface area contributed by atoms with E-state index in [9.17, 15) is 14.7 Å². The number of hydrogen-bond acceptors (Lipinski definition) is 6. The van der Waals surface area contributed by atoms with E-state index >= 15 is 0 Å². The van der Waals surface area contributed by atoms with E-state index in [1.54, 1.807) is 12.1 Å². The molecular weight excluding hydrogens is 480 g/mol. The molecule has 0 bridgehead atoms. The van der Waals surface area contributed by atoms with Crippen LogP contribution in [-0.4, -0.2) is 44.0 Å². The highest BCUT2D eigenvalue weighted by molar-refractivity contribution is 5.96. The van der Waals surface area contributed by atoms with Crippen LogP contribution in [0.1, 0.15) is 84.1 Å². The van der Waals surface area contributed by atoms with Crippen molar-refractivity contribution in [2.24, 2.45) is 5.92 Å². The summed E-state index contributed by atoms with van der Waals surface area (Å²) in [5.41, 5.74) is 4.29. The number of nitrogens with zero attached hydrogens (tertiary/aromatic N) is 4. The third-order valence-corrected chi connectivity index (χ3v) is 7.60. The van der Waals surface area contributed by atoms with E-state index in [4.69, 9.17) is 9.72 Å². The Morgan fingerprint density at radius 2 is 1.87 bits per heavy atom. The maximum absolute atomic E-state index is 13.4. The molecule has 0 saturated heterocycles. The van der Waals surface area contributed by atoms with Gasteiger partial charge in [-0.1, -0.05) is 25.0 Å². The number of carboxylic acids is 1. The van der Waals surface area contributed by atoms with Crippen LogP contribution < -0.4 is 4.90 Å². The summed E-state index contributed by atoms with van der Waals surface area (Å²) in [6, 6.07) is 9.24. The molecular formula is C30H36N4O4. The number of fused-ring (bicyclic) bond motifs is 1. The number of hydrogen-bond donors (Lipinski definition) is 1. The number of aromatic nitrogens is 3. The minimum atomic E-state index is -0.938. The summed E-state index contributed by atoms with van der Waals surface area (Å²) in [5.74, 6) is -0.158. The molecule has 2 aliphatic rings. The minimum Gasteiger partial charge on any atom is -0.478 e. The van der Waals surface area contributed by atoms with Crippen molar-refractivity contribution in [1.29, 1.82) is 0 Å². The molecule has 8 heteroatoms. The predicted molar refractivity (Wildman–Crippen MR) is 145 cm³/mol. The molecule has 1 saturated carbocycles. The second kappa shape index (κ2) is 10.2. The molecule has 3 heterocycles. The number of benzene rings is 1. The zero-order valence-corrected chi connectivity index (χ0v) is 22.7. The molecule has 0 spiro atoms. The van der Waals surface area contributed by atoms with Gasteiger partial charge in [0.25, 0.3) is 0 Å². The molecule has 8 nitrogen and oxygen atoms in total. The summed E-state index contributed by atoms with van der Waals surface area (Å²) in [4.78, 5) is 32.1. The summed E-state index contributed by atoms with van der Waals surface area (Å²) in [6.07, 6.45) is 7.55. The van der Waals surface area contributed by atoms with E-state index in [1.807, 2.05) is 61.7 Å². The highest BCUT2D eigenvalue weighted by Crippen LogP contribution is 2.33. The zero-order valence-electron chi connectivity index (χ0n) is 22.7. The molecule has 0 unspecified atom stereocenters. The lowest BCUT2D eigenvalue weighted by atomic mass is 9.94. The summed E-state index contributed by atoms with van der Waals surface area (Å²) in [6.45, 7) is 9.54. The Hall–Kier alpha value is -3.68. The lowest BCUT2D eigenvalue weighted by Crippen LogP contribution is -2.33. The van der Waals surface area contributed by atoms with Crippen LogP contribution in [0.5, 0.6) is 0 Å². The first kappa shape index (κ1) is 25.9. The van der Waals surface area contributed by atoms with Gasteiger partial charge in [0.15, 0.2) is 5.69 Å². The van der Waals surface area contributed by atoms with Crippen molar-refractivity contribution in [2.75, 3.05) is 11.4 Å². The second-order valence-corrected chi connectivity index (χ2v) is 11.5. The number of carbonyl (C=O) groups excluding carboxylic acids is 1. The van der Waals surface area contributed by atoms with Crippen molar-refractivity contribution in [1.82, 2.24) is 14.8 Å². The van der Waals surface area contributed by atoms with Crippen molar-refractivity contribution < 1.29 is 19.4 Å². The van der Waals surface area contributed by atoms with Crippen LogP contribution in [0, 0.1) is 12.8 Å². The molecule has 1 N–H and O–H groups in total. The van der Waals surface area contributed by atoms with Crippen molar-refractivity contribution >= 4 is 17.8 Å². The van der Waals surface area contributed by atoms with Gasteiger partial charge in [-0.05, 0) is 82.2 Å². The van der Waals surface area contributed by atoms with Gasteiger partial charge in [0.1, 0.15) is 11.4 Å². The zero-order chi connectivity index (χ0) is 27.0. The SMILES string of the molecule is Cc1c(-c2ccc(N3CCc4cccc(C(=O)O)c4C3)nc2C(=O)OC(C)(C)C)cnn1CC1CCCC1. The summed E-state index contributed by atoms with van der Waals surface area (Å²) in [7, 11) is 0. The lowest BCUT2D eigenvalue weighted by Gasteiger charge is -2.31. The van der Waals surface area contributed by atoms with E-state index in [1.165, 1.54) is 25.7 Å². The second-order valence-electron chi connectivity index (χ2n) is 11.5. The van der Waals surface area contributed by atoms with Gasteiger partial charge in [-0.2, -0.15) is 5.10 Å². The molecule has 3 aromatic rings. The number of aromatic carboxylic acids is 1. The molecule has 1 aliphatic heterocycles. The van der Waals surface area contributed by atoms with Gasteiger partial charge in [0, 0.05) is 36.5 Å². The number of carboxylic acid groups (broad SMARTS) is 1. The number of pyridine rings is 1. The topological polar surface area (TPSA) is 97.6 Å². The standard InChI is InChI=1S/C30H36N4O4/c1-19-24(16-31-34(19)17-20-8-5-6-9-20)22-12-13-26(32-27(22)29(37)38-30(2,3)4)33-15-14-21-10-7-11-23(28(35)36)25(21)18-33/h7,10-13,16,20H,5-6,8-9,14-15,17-18H2,1-4H3,(H,35,36). The molecule has 200 valence electrons. The molecule has 2 aromatic heterocycles. The monoisotopic (exact) mass is 516 g/mol. The quantitative estimate of drug-likeness (QED) is 0.422. The van der Waals surface area contributed by atoms with Crippen molar-refractivity contribution in [3.05, 3.63) is 64.6 Å². The number of esters is 1. The van der Waals surface area contributed by atoms with E-state index < -0.39 is 17.5 Å². The van der Waals surface area contributed by atoms with E-state index in [0.29, 0.717) is 42.4 Å². The highest BCUT2D eigenvalue weighted by Gasteiger charge is 2.28. The lowest BCUT2D eigenvalue weighted by molar-refractivity contribution is 0.00637. The molecule has 0 amide bonds. The van der Waals surface area contributed by atoms with E-state index in [2.05, 4.69) is 5.10 Å². The molecule has 1 aliphatic carbocycles. The largest absolute Gasteiger partial charge is 0.478 e. The average molecular weight is 517 g/mol. The fraction of sp³-hybridized carbons (Fsp3) is 0.467. The number of anilines is 1. The fourth-order valence-electron chi connectivity index (χ4n) is 5.63. The van der Waals surface area contributed by atoms with Crippen LogP contribution in [0.4, 0.5) is 5.82 Å². The van der Waals surface area contributed by atoms with Crippen LogP contribution in [0.3, 0.4) is 0 Å². The highest BCUT2D eigenvalue weighted by atomic mass is 16.6. The Bertz CT molecular complexity index is 1370. The van der Waals surface area contributed by atoms with Crippen LogP contribution in [0.15, 0.2) is 36.5 Å². The molecule has 5 rings (SSSR count). The normalized spacial score (nSPS) is 15.9. The van der Waals surface area contributed by atoms with Gasteiger partial charge in [-0.3, -0.25) is 4.68 Å². The minimum absolute atomic E-state index is 0.248. The van der Waals surface area contributed by atoms with Gasteiger partial charge in [0.2, 0.25) is 0 Å². The van der Waals surface area contributed by atoms with Gasteiger partial charge < -0.3 is 14.7 Å². The van der Waals surface area contributed by atoms with Crippen molar-refractivity contribution in [2.45, 2.75) is 78.5 Å². The molecule has 1 aromatic carbocycles. The van der Waals surface area contributed by atoms with Crippen LogP contribution in [0.2, 0.25) is 0 Å². The Morgan fingerprint density at radius 1 is 1.11 bits per heavy atom. The van der Waals surface area contributed by atoms with Crippen LogP contribution in [0.25, 0.3) is 11.1 Å². The van der Waals surface area contributed by atoms with Crippen molar-refractivity contribution in [3.8, 4) is 11.1 Å². The Morgan fingerprint density at radius 3 is 2.58 bits per heavy atom. The number of carbonyl (C=O) groups is 2. The smallest absolute Gasteiger partial charge is 0.358 e. The maximum Gasteiger partial charge on any atom is 0.358 e. The van der Waals surface area contributed by atoms with E-state index in [0.717, 1.165) is 28.9 Å². The third kappa shape index (κ3) is 5.30. The molecule has 38 heavy (non-hydrogen) atoms. The summed E-state index contributed by atoms with van der Waals surface area (Å²) >= 11 is 0. The fourth-order valence-corrected chi connectivity index (χ4v) is 5.63. The first-order valence-corrected chi connectivity index (χ1v) is 13.5. The number of ether oxygens (including phenoxy) is 1. The van der Waals surface area contributed by atoms with Crippen molar-refractivity contribution in [3.63, 3.8) is 0 Å². The van der Waals surface area contributed by atoms with Crippen LogP contribution in [-0.2, 0) is 24.2 Å². The molecule has 1 fully saturated rings. The average Bonchev–Trinajstić information content (AvgIpc) is 3.52. The Balaban J connectivity index is 1.51. The third-order valence-electron chi connectivity index (χ3n) is 7.60. The predicted octanol–water partition coefficient (Wildman–Crippen LogP) is 5.66. The van der Waals surface area contributed by atoms with Crippen LogP contribution >= 0.6 is 0 Å². The van der Waals surface area contributed by atoms with E-state index in [-0.39, 0.29) is 5.69 Å². The van der Waals surface area contributed by atoms with Gasteiger partial charge >= 0.3 is 11.9 Å². The Labute approximate surface area is 223 Å². The summed E-state index contributed by atoms with van der Waals surface area (Å²) < 4.78 is 7.81. The van der Waals surface area contributed by atoms with Gasteiger partial charge in [-0.25, -0.2) is 14.6 Å². The molecule has 0 atom stereocenters. The first-order valence-electron chi connectivity index (χ1n) is 13.5. The molecule has 0 radical (unpaired) electrons. The first-order chi connectivity index (χ1) is 18.1.